The highest BCUT2D eigenvalue weighted by Crippen LogP contribution is 2.35. The minimum absolute atomic E-state index is 0.0146. The Balaban J connectivity index is 1.64. The van der Waals surface area contributed by atoms with Gasteiger partial charge in [0.2, 0.25) is 0 Å². The van der Waals surface area contributed by atoms with Crippen LogP contribution < -0.4 is 4.74 Å². The summed E-state index contributed by atoms with van der Waals surface area (Å²) in [6, 6.07) is 9.56. The molecule has 1 atom stereocenters. The summed E-state index contributed by atoms with van der Waals surface area (Å²) in [5, 5.41) is 10.1. The fourth-order valence-corrected chi connectivity index (χ4v) is 3.94. The van der Waals surface area contributed by atoms with Crippen molar-refractivity contribution in [3.05, 3.63) is 42.2 Å². The quantitative estimate of drug-likeness (QED) is 0.812. The van der Waals surface area contributed by atoms with Gasteiger partial charge in [-0.1, -0.05) is 18.2 Å². The van der Waals surface area contributed by atoms with Gasteiger partial charge in [-0.15, -0.1) is 0 Å². The molecule has 0 bridgehead atoms. The number of amides is 1. The molecule has 28 heavy (non-hydrogen) atoms. The van der Waals surface area contributed by atoms with Crippen LogP contribution in [0.15, 0.2) is 42.2 Å². The number of likely N-dealkylation sites (tertiary alicyclic amines) is 1. The average molecular weight is 387 g/mol. The van der Waals surface area contributed by atoms with E-state index >= 15 is 0 Å². The number of aliphatic hydroxyl groups is 1. The molecular weight excluding hydrogens is 358 g/mol. The van der Waals surface area contributed by atoms with E-state index in [1.165, 1.54) is 6.08 Å². The molecule has 1 amide bonds. The lowest BCUT2D eigenvalue weighted by Gasteiger charge is -2.42. The number of aliphatic hydroxyl groups excluding tert-OH is 1. The molecule has 152 valence electrons. The van der Waals surface area contributed by atoms with Gasteiger partial charge in [-0.25, -0.2) is 0 Å². The molecule has 0 saturated carbocycles. The van der Waals surface area contributed by atoms with E-state index in [0.29, 0.717) is 26.1 Å². The number of allylic oxidation sites excluding steroid dienone is 1. The number of carbonyl (C=O) groups is 2. The summed E-state index contributed by atoms with van der Waals surface area (Å²) in [7, 11) is 0. The van der Waals surface area contributed by atoms with Crippen molar-refractivity contribution in [2.75, 3.05) is 26.3 Å². The summed E-state index contributed by atoms with van der Waals surface area (Å²) >= 11 is 0. The fraction of sp³-hybridized carbons (Fsp3) is 0.545. The second-order valence-electron chi connectivity index (χ2n) is 8.41. The molecule has 1 N–H and O–H groups in total. The molecule has 0 radical (unpaired) electrons. The van der Waals surface area contributed by atoms with Crippen LogP contribution in [0.25, 0.3) is 0 Å². The van der Waals surface area contributed by atoms with Gasteiger partial charge in [-0.05, 0) is 45.2 Å². The zero-order valence-electron chi connectivity index (χ0n) is 16.6. The number of benzene rings is 1. The first-order valence-electron chi connectivity index (χ1n) is 9.84. The monoisotopic (exact) mass is 387 g/mol. The van der Waals surface area contributed by atoms with Gasteiger partial charge in [0.05, 0.1) is 13.2 Å². The fourth-order valence-electron chi connectivity index (χ4n) is 3.94. The molecule has 0 spiro atoms. The Morgan fingerprint density at radius 3 is 2.71 bits per heavy atom. The summed E-state index contributed by atoms with van der Waals surface area (Å²) < 4.78 is 11.6. The number of ketones is 1. The van der Waals surface area contributed by atoms with Gasteiger partial charge >= 0.3 is 0 Å². The van der Waals surface area contributed by atoms with E-state index < -0.39 is 11.0 Å². The van der Waals surface area contributed by atoms with Crippen molar-refractivity contribution in [1.29, 1.82) is 0 Å². The number of hydrogen-bond acceptors (Lipinski definition) is 5. The second-order valence-corrected chi connectivity index (χ2v) is 8.41. The predicted octanol–water partition coefficient (Wildman–Crippen LogP) is 2.71. The van der Waals surface area contributed by atoms with Gasteiger partial charge in [-0.3, -0.25) is 9.59 Å². The normalized spacial score (nSPS) is 24.3. The van der Waals surface area contributed by atoms with E-state index in [1.807, 2.05) is 30.3 Å². The first-order chi connectivity index (χ1) is 13.3. The molecule has 0 unspecified atom stereocenters. The third kappa shape index (κ3) is 4.93. The molecular formula is C22H29NO5. The molecule has 1 aromatic carbocycles. The number of hydrogen-bond donors (Lipinski definition) is 1. The van der Waals surface area contributed by atoms with Crippen LogP contribution in [0.4, 0.5) is 0 Å². The maximum absolute atomic E-state index is 13.0. The lowest BCUT2D eigenvalue weighted by atomic mass is 9.78. The van der Waals surface area contributed by atoms with E-state index in [-0.39, 0.29) is 30.5 Å². The van der Waals surface area contributed by atoms with Crippen LogP contribution in [0.2, 0.25) is 0 Å². The zero-order valence-corrected chi connectivity index (χ0v) is 16.6. The highest BCUT2D eigenvalue weighted by Gasteiger charge is 2.40. The van der Waals surface area contributed by atoms with Crippen molar-refractivity contribution >= 4 is 11.7 Å². The summed E-state index contributed by atoms with van der Waals surface area (Å²) in [6.45, 7) is 5.09. The smallest absolute Gasteiger partial charge is 0.289 e. The number of carbonyl (C=O) groups excluding carboxylic acids is 2. The first-order valence-corrected chi connectivity index (χ1v) is 9.84. The topological polar surface area (TPSA) is 76.1 Å². The second kappa shape index (κ2) is 8.35. The number of nitrogens with zero attached hydrogens (tertiary/aromatic N) is 1. The molecule has 0 aromatic heterocycles. The minimum atomic E-state index is -0.676. The van der Waals surface area contributed by atoms with Gasteiger partial charge < -0.3 is 19.5 Å². The molecule has 6 nitrogen and oxygen atoms in total. The van der Waals surface area contributed by atoms with Crippen LogP contribution in [0, 0.1) is 5.41 Å². The third-order valence-electron chi connectivity index (χ3n) is 5.42. The lowest BCUT2D eigenvalue weighted by molar-refractivity contribution is -0.141. The van der Waals surface area contributed by atoms with Crippen LogP contribution in [-0.4, -0.2) is 53.6 Å². The van der Waals surface area contributed by atoms with Crippen molar-refractivity contribution in [1.82, 2.24) is 4.90 Å². The predicted molar refractivity (Wildman–Crippen MR) is 105 cm³/mol. The van der Waals surface area contributed by atoms with Crippen LogP contribution in [-0.2, 0) is 14.3 Å². The Morgan fingerprint density at radius 1 is 1.29 bits per heavy atom. The lowest BCUT2D eigenvalue weighted by Crippen LogP contribution is -2.50. The van der Waals surface area contributed by atoms with Crippen molar-refractivity contribution in [3.63, 3.8) is 0 Å². The standard InChI is InChI=1S/C22H29NO5/c1-21(2)14-17(25)13-19(28-21)20(26)23-11-6-9-22(15-23,16-24)10-12-27-18-7-4-3-5-8-18/h3-5,7-8,13,24H,6,9-12,14-16H2,1-2H3/t22-/m0/s1. The molecule has 2 aliphatic heterocycles. The molecule has 3 rings (SSSR count). The van der Waals surface area contributed by atoms with Gasteiger partial charge in [0, 0.05) is 31.0 Å². The Bertz CT molecular complexity index is 743. The summed E-state index contributed by atoms with van der Waals surface area (Å²) in [6.07, 6.45) is 3.84. The molecule has 1 fully saturated rings. The van der Waals surface area contributed by atoms with Crippen molar-refractivity contribution in [2.45, 2.75) is 45.1 Å². The molecule has 1 saturated heterocycles. The Labute approximate surface area is 166 Å². The van der Waals surface area contributed by atoms with E-state index in [9.17, 15) is 14.7 Å². The molecule has 2 heterocycles. The van der Waals surface area contributed by atoms with Gasteiger partial charge in [0.25, 0.3) is 5.91 Å². The van der Waals surface area contributed by atoms with Crippen molar-refractivity contribution in [3.8, 4) is 5.75 Å². The number of ether oxygens (including phenoxy) is 2. The van der Waals surface area contributed by atoms with E-state index in [0.717, 1.165) is 18.6 Å². The van der Waals surface area contributed by atoms with Gasteiger partial charge in [0.1, 0.15) is 11.4 Å². The van der Waals surface area contributed by atoms with E-state index in [1.54, 1.807) is 18.7 Å². The molecule has 1 aromatic rings. The zero-order chi connectivity index (χ0) is 20.2. The van der Waals surface area contributed by atoms with Crippen LogP contribution in [0.1, 0.15) is 39.5 Å². The first kappa shape index (κ1) is 20.4. The third-order valence-corrected chi connectivity index (χ3v) is 5.42. The Morgan fingerprint density at radius 2 is 2.04 bits per heavy atom. The van der Waals surface area contributed by atoms with Crippen molar-refractivity contribution in [2.24, 2.45) is 5.41 Å². The summed E-state index contributed by atoms with van der Waals surface area (Å²) in [5.74, 6) is 0.528. The Kier molecular flexibility index (Phi) is 6.08. The van der Waals surface area contributed by atoms with Crippen molar-refractivity contribution < 1.29 is 24.2 Å². The van der Waals surface area contributed by atoms with Crippen LogP contribution >= 0.6 is 0 Å². The number of piperidine rings is 1. The molecule has 2 aliphatic rings. The Hall–Kier alpha value is -2.34. The molecule has 0 aliphatic carbocycles. The van der Waals surface area contributed by atoms with Gasteiger partial charge in [0.15, 0.2) is 11.5 Å². The van der Waals surface area contributed by atoms with Gasteiger partial charge in [-0.2, -0.15) is 0 Å². The minimum Gasteiger partial charge on any atom is -0.494 e. The van der Waals surface area contributed by atoms with E-state index in [2.05, 4.69) is 0 Å². The number of rotatable bonds is 6. The highest BCUT2D eigenvalue weighted by molar-refractivity contribution is 6.01. The summed E-state index contributed by atoms with van der Waals surface area (Å²) in [5.41, 5.74) is -1.08. The largest absolute Gasteiger partial charge is 0.494 e. The van der Waals surface area contributed by atoms with E-state index in [4.69, 9.17) is 9.47 Å². The molecule has 6 heteroatoms. The average Bonchev–Trinajstić information content (AvgIpc) is 2.67. The maximum atomic E-state index is 13.0. The summed E-state index contributed by atoms with van der Waals surface area (Å²) in [4.78, 5) is 26.6. The van der Waals surface area contributed by atoms with Crippen LogP contribution in [0.5, 0.6) is 5.75 Å². The van der Waals surface area contributed by atoms with Crippen LogP contribution in [0.3, 0.4) is 0 Å². The number of para-hydroxylation sites is 1. The SMILES string of the molecule is CC1(C)CC(=O)C=C(C(=O)N2CCC[C@](CO)(CCOc3ccccc3)C2)O1. The highest BCUT2D eigenvalue weighted by atomic mass is 16.5. The maximum Gasteiger partial charge on any atom is 0.289 e.